The highest BCUT2D eigenvalue weighted by molar-refractivity contribution is 7.80. The van der Waals surface area contributed by atoms with Gasteiger partial charge in [0.25, 0.3) is 0 Å². The third-order valence-corrected chi connectivity index (χ3v) is 11.0. The zero-order valence-electron chi connectivity index (χ0n) is 37.5. The molecule has 378 valence electrons. The van der Waals surface area contributed by atoms with E-state index in [4.69, 9.17) is 28.7 Å². The summed E-state index contributed by atoms with van der Waals surface area (Å²) in [6.45, 7) is -0.582. The Kier molecular flexibility index (Phi) is 22.8. The number of carboxylic acid groups (broad SMARTS) is 1. The van der Waals surface area contributed by atoms with Crippen LogP contribution < -0.4 is 60.6 Å². The lowest BCUT2D eigenvalue weighted by atomic mass is 10.0. The number of hydrogen-bond donors (Lipinski definition) is 15. The molecule has 69 heavy (non-hydrogen) atoms. The van der Waals surface area contributed by atoms with Crippen LogP contribution in [0, 0.1) is 0 Å². The highest BCUT2D eigenvalue weighted by atomic mass is 32.1. The molecule has 0 unspecified atom stereocenters. The summed E-state index contributed by atoms with van der Waals surface area (Å²) >= 11 is 3.98. The summed E-state index contributed by atoms with van der Waals surface area (Å²) in [5.41, 5.74) is 28.3. The fourth-order valence-electron chi connectivity index (χ4n) is 7.03. The van der Waals surface area contributed by atoms with Gasteiger partial charge in [-0.15, -0.1) is 0 Å². The van der Waals surface area contributed by atoms with Crippen molar-refractivity contribution in [3.8, 4) is 0 Å². The van der Waals surface area contributed by atoms with Crippen LogP contribution in [0.1, 0.15) is 56.2 Å². The minimum absolute atomic E-state index is 0.000181. The van der Waals surface area contributed by atoms with Gasteiger partial charge in [0.05, 0.1) is 19.4 Å². The Morgan fingerprint density at radius 1 is 0.768 bits per heavy atom. The Balaban J connectivity index is 1.94. The molecule has 1 aromatic carbocycles. The van der Waals surface area contributed by atoms with E-state index >= 15 is 0 Å². The number of carbonyl (C=O) groups excluding carboxylic acids is 9. The number of nitrogens with one attached hydrogen (secondary N) is 7. The Morgan fingerprint density at radius 2 is 1.33 bits per heavy atom. The van der Waals surface area contributed by atoms with Gasteiger partial charge in [0, 0.05) is 50.0 Å². The van der Waals surface area contributed by atoms with Crippen LogP contribution in [0.5, 0.6) is 0 Å². The number of amides is 9. The number of carbonyl (C=O) groups is 10. The van der Waals surface area contributed by atoms with E-state index in [1.807, 2.05) is 0 Å². The van der Waals surface area contributed by atoms with Crippen molar-refractivity contribution in [1.82, 2.24) is 46.8 Å². The minimum Gasteiger partial charge on any atom is -0.480 e. The van der Waals surface area contributed by atoms with Crippen LogP contribution in [0.15, 0.2) is 47.8 Å². The number of aliphatic carboxylic acids is 1. The van der Waals surface area contributed by atoms with Crippen molar-refractivity contribution in [3.05, 3.63) is 54.1 Å². The third-order valence-electron chi connectivity index (χ3n) is 10.6. The van der Waals surface area contributed by atoms with Crippen molar-refractivity contribution < 1.29 is 58.2 Å². The van der Waals surface area contributed by atoms with E-state index in [2.05, 4.69) is 59.5 Å². The minimum atomic E-state index is -1.71. The second-order valence-electron chi connectivity index (χ2n) is 16.0. The lowest BCUT2D eigenvalue weighted by Gasteiger charge is -2.29. The molecular formula is C41H61N15O12S. The standard InChI is InChI=1S/C41H61N15O12S/c42-23(18-57)39(66)56-13-5-9-30(56)38(65)54-28(16-32(44)59)37(64)51-25(10-11-31(43)58)34(61)52-26(14-21-6-2-1-3-7-21)35(62)50-24(8-4-12-48-41(45)46)33(60)53-27(15-22-17-47-20-49-22)36(63)55-29(19-69)40(67)68/h1-3,6-7,17,20,23-30,57,69H,4-5,8-16,18-19,42H2,(H2,43,58)(H2,44,59)(H,47,49)(H,50,62)(H,51,64)(H,52,61)(H,53,60)(H,54,65)(H,55,63)(H,67,68)(H4,45,46,48)/t23-,24-,25-,26-,27-,28-,29-,30-/m0/s1. The SMILES string of the molecule is NC(=O)CC[C@H](NC(=O)[C@H](CC(N)=O)NC(=O)[C@@H]1CCCN1C(=O)[C@@H](N)CO)C(=O)N[C@@H](Cc1ccccc1)C(=O)N[C@@H](CCCN=C(N)N)C(=O)N[C@@H](Cc1cnc[nH]1)C(=O)N[C@@H](CS)C(=O)O. The number of aliphatic hydroxyl groups is 1. The lowest BCUT2D eigenvalue weighted by Crippen LogP contribution is -2.60. The quantitative estimate of drug-likeness (QED) is 0.0156. The Hall–Kier alpha value is -7.33. The topological polar surface area (TPSA) is 458 Å². The molecule has 0 bridgehead atoms. The molecule has 1 fully saturated rings. The number of aliphatic hydroxyl groups excluding tert-OH is 1. The van der Waals surface area contributed by atoms with Crippen LogP contribution >= 0.6 is 12.6 Å². The second kappa shape index (κ2) is 28.1. The predicted octanol–water partition coefficient (Wildman–Crippen LogP) is -6.38. The van der Waals surface area contributed by atoms with Crippen LogP contribution in [0.25, 0.3) is 0 Å². The first-order valence-electron chi connectivity index (χ1n) is 21.7. The fourth-order valence-corrected chi connectivity index (χ4v) is 7.28. The summed E-state index contributed by atoms with van der Waals surface area (Å²) in [4.78, 5) is 144. The molecule has 19 N–H and O–H groups in total. The van der Waals surface area contributed by atoms with Crippen molar-refractivity contribution in [1.29, 1.82) is 0 Å². The zero-order valence-corrected chi connectivity index (χ0v) is 38.4. The van der Waals surface area contributed by atoms with E-state index in [0.717, 1.165) is 4.90 Å². The van der Waals surface area contributed by atoms with Gasteiger partial charge in [0.15, 0.2) is 5.96 Å². The molecule has 27 nitrogen and oxygen atoms in total. The molecule has 0 spiro atoms. The summed E-state index contributed by atoms with van der Waals surface area (Å²) in [6, 6.07) is -3.35. The molecule has 2 heterocycles. The van der Waals surface area contributed by atoms with Gasteiger partial charge in [-0.1, -0.05) is 30.3 Å². The number of rotatable bonds is 29. The maximum atomic E-state index is 14.3. The second-order valence-corrected chi connectivity index (χ2v) is 16.3. The maximum absolute atomic E-state index is 14.3. The third kappa shape index (κ3) is 18.7. The van der Waals surface area contributed by atoms with Crippen molar-refractivity contribution in [2.75, 3.05) is 25.4 Å². The fraction of sp³-hybridized carbons (Fsp3) is 0.512. The number of hydrogen-bond acceptors (Lipinski definition) is 15. The number of nitrogens with zero attached hydrogens (tertiary/aromatic N) is 3. The average molecular weight is 988 g/mol. The van der Waals surface area contributed by atoms with E-state index in [1.54, 1.807) is 30.3 Å². The number of likely N-dealkylation sites (tertiary alicyclic amines) is 1. The normalized spacial score (nSPS) is 16.2. The summed E-state index contributed by atoms with van der Waals surface area (Å²) in [6.07, 6.45) is 1.08. The summed E-state index contributed by atoms with van der Waals surface area (Å²) < 4.78 is 0. The number of benzene rings is 1. The molecule has 28 heteroatoms. The van der Waals surface area contributed by atoms with Gasteiger partial charge in [-0.05, 0) is 37.7 Å². The number of aliphatic imine (C=N–C) groups is 1. The molecule has 1 aromatic heterocycles. The number of guanidine groups is 1. The van der Waals surface area contributed by atoms with E-state index in [1.165, 1.54) is 12.5 Å². The summed E-state index contributed by atoms with van der Waals surface area (Å²) in [5, 5.41) is 33.7. The molecule has 0 radical (unpaired) electrons. The molecule has 2 aromatic rings. The van der Waals surface area contributed by atoms with Crippen LogP contribution in [0.4, 0.5) is 0 Å². The van der Waals surface area contributed by atoms with Crippen molar-refractivity contribution in [2.45, 2.75) is 106 Å². The van der Waals surface area contributed by atoms with Crippen LogP contribution in [-0.2, 0) is 60.8 Å². The first-order chi connectivity index (χ1) is 32.7. The van der Waals surface area contributed by atoms with Crippen LogP contribution in [-0.4, -0.2) is 164 Å². The lowest BCUT2D eigenvalue weighted by molar-refractivity contribution is -0.141. The van der Waals surface area contributed by atoms with Gasteiger partial charge in [0.2, 0.25) is 53.2 Å². The van der Waals surface area contributed by atoms with E-state index in [0.29, 0.717) is 17.7 Å². The number of aromatic amines is 1. The number of aromatic nitrogens is 2. The zero-order chi connectivity index (χ0) is 51.2. The molecule has 1 aliphatic rings. The summed E-state index contributed by atoms with van der Waals surface area (Å²) in [5.74, 6) is -10.4. The average Bonchev–Trinajstić information content (AvgIpc) is 4.02. The largest absolute Gasteiger partial charge is 0.480 e. The number of H-pyrrole nitrogens is 1. The van der Waals surface area contributed by atoms with Gasteiger partial charge in [-0.2, -0.15) is 12.6 Å². The number of carboxylic acids is 1. The number of thiol groups is 1. The van der Waals surface area contributed by atoms with Gasteiger partial charge in [-0.25, -0.2) is 9.78 Å². The highest BCUT2D eigenvalue weighted by Crippen LogP contribution is 2.19. The first-order valence-corrected chi connectivity index (χ1v) is 22.3. The van der Waals surface area contributed by atoms with Crippen molar-refractivity contribution in [2.24, 2.45) is 33.7 Å². The molecule has 9 amide bonds. The maximum Gasteiger partial charge on any atom is 0.327 e. The molecule has 0 aliphatic carbocycles. The first kappa shape index (κ1) is 56.0. The number of primary amides is 2. The predicted molar refractivity (Wildman–Crippen MR) is 247 cm³/mol. The van der Waals surface area contributed by atoms with E-state index < -0.39 is 133 Å². The monoisotopic (exact) mass is 987 g/mol. The van der Waals surface area contributed by atoms with Crippen molar-refractivity contribution >= 4 is 77.7 Å². The summed E-state index contributed by atoms with van der Waals surface area (Å²) in [7, 11) is 0. The van der Waals surface area contributed by atoms with E-state index in [-0.39, 0.29) is 56.9 Å². The molecule has 0 saturated carbocycles. The molecule has 3 rings (SSSR count). The Bertz CT molecular complexity index is 2140. The molecule has 1 aliphatic heterocycles. The highest BCUT2D eigenvalue weighted by Gasteiger charge is 2.39. The van der Waals surface area contributed by atoms with Gasteiger partial charge >= 0.3 is 5.97 Å². The van der Waals surface area contributed by atoms with Gasteiger partial charge in [0.1, 0.15) is 48.3 Å². The number of nitrogens with two attached hydrogens (primary N) is 5. The van der Waals surface area contributed by atoms with Crippen LogP contribution in [0.2, 0.25) is 0 Å². The van der Waals surface area contributed by atoms with Gasteiger partial charge in [-0.3, -0.25) is 48.1 Å². The molecule has 8 atom stereocenters. The van der Waals surface area contributed by atoms with Crippen LogP contribution in [0.3, 0.4) is 0 Å². The number of imidazole rings is 1. The molecule has 1 saturated heterocycles. The van der Waals surface area contributed by atoms with E-state index in [9.17, 15) is 58.2 Å². The Labute approximate surface area is 401 Å². The van der Waals surface area contributed by atoms with Gasteiger partial charge < -0.3 is 80.7 Å². The smallest absolute Gasteiger partial charge is 0.327 e. The molecular weight excluding hydrogens is 927 g/mol. The van der Waals surface area contributed by atoms with Crippen molar-refractivity contribution in [3.63, 3.8) is 0 Å². The Morgan fingerprint density at radius 3 is 1.87 bits per heavy atom.